The van der Waals surface area contributed by atoms with Crippen LogP contribution in [-0.4, -0.2) is 14.4 Å². The van der Waals surface area contributed by atoms with Gasteiger partial charge in [0.2, 0.25) is 0 Å². The van der Waals surface area contributed by atoms with Crippen LogP contribution in [0.3, 0.4) is 0 Å². The Labute approximate surface area is 93.1 Å². The van der Waals surface area contributed by atoms with E-state index in [0.717, 1.165) is 12.1 Å². The topological polar surface area (TPSA) is 56.2 Å². The quantitative estimate of drug-likeness (QED) is 0.851. The van der Waals surface area contributed by atoms with Crippen molar-refractivity contribution in [3.05, 3.63) is 23.2 Å². The molecule has 0 aromatic carbocycles. The lowest BCUT2D eigenvalue weighted by atomic mass is 10.1. The predicted molar refractivity (Wildman–Crippen MR) is 61.0 cm³/mol. The van der Waals surface area contributed by atoms with Crippen LogP contribution in [0.2, 0.25) is 5.15 Å². The van der Waals surface area contributed by atoms with Crippen molar-refractivity contribution in [3.8, 4) is 0 Å². The summed E-state index contributed by atoms with van der Waals surface area (Å²) >= 11 is 5.80. The van der Waals surface area contributed by atoms with Crippen LogP contribution < -0.4 is 5.73 Å². The summed E-state index contributed by atoms with van der Waals surface area (Å²) in [5.74, 6) is 0.942. The maximum absolute atomic E-state index is 5.80. The number of nitrogens with zero attached hydrogens (tertiary/aromatic N) is 3. The van der Waals surface area contributed by atoms with Crippen LogP contribution in [0, 0.1) is 5.92 Å². The van der Waals surface area contributed by atoms with Gasteiger partial charge in [-0.2, -0.15) is 0 Å². The molecule has 0 fully saturated rings. The van der Waals surface area contributed by atoms with Gasteiger partial charge in [0, 0.05) is 12.4 Å². The summed E-state index contributed by atoms with van der Waals surface area (Å²) in [6.07, 6.45) is 4.59. The van der Waals surface area contributed by atoms with Gasteiger partial charge in [-0.1, -0.05) is 25.4 Å². The van der Waals surface area contributed by atoms with Crippen LogP contribution in [0.25, 0.3) is 5.65 Å². The first-order valence-electron chi connectivity index (χ1n) is 4.86. The standard InChI is InChI=1S/C10H13ClN4/c1-6(2)3-7-4-15-5-8(11)14-9(12)10(15)13-7/h4-6H,3H2,1-2H3,(H2,12,14). The van der Waals surface area contributed by atoms with Crippen molar-refractivity contribution in [2.24, 2.45) is 5.92 Å². The Kier molecular flexibility index (Phi) is 2.52. The Morgan fingerprint density at radius 1 is 1.40 bits per heavy atom. The second-order valence-electron chi connectivity index (χ2n) is 4.01. The molecule has 2 aromatic rings. The molecular weight excluding hydrogens is 212 g/mol. The number of nitrogens with two attached hydrogens (primary N) is 1. The van der Waals surface area contributed by atoms with E-state index < -0.39 is 0 Å². The Morgan fingerprint density at radius 2 is 2.13 bits per heavy atom. The lowest BCUT2D eigenvalue weighted by molar-refractivity contribution is 0.638. The summed E-state index contributed by atoms with van der Waals surface area (Å²) in [5.41, 5.74) is 7.41. The van der Waals surface area contributed by atoms with Gasteiger partial charge < -0.3 is 10.1 Å². The van der Waals surface area contributed by atoms with Crippen molar-refractivity contribution >= 4 is 23.1 Å². The Balaban J connectivity index is 2.50. The normalized spacial score (nSPS) is 11.5. The van der Waals surface area contributed by atoms with Crippen molar-refractivity contribution in [1.29, 1.82) is 0 Å². The summed E-state index contributed by atoms with van der Waals surface area (Å²) in [4.78, 5) is 8.36. The number of anilines is 1. The molecule has 80 valence electrons. The largest absolute Gasteiger partial charge is 0.381 e. The third kappa shape index (κ3) is 2.04. The number of halogens is 1. The maximum Gasteiger partial charge on any atom is 0.180 e. The molecule has 0 aliphatic heterocycles. The van der Waals surface area contributed by atoms with E-state index in [-0.39, 0.29) is 0 Å². The second-order valence-corrected chi connectivity index (χ2v) is 4.40. The fraction of sp³-hybridized carbons (Fsp3) is 0.400. The van der Waals surface area contributed by atoms with Gasteiger partial charge in [0.15, 0.2) is 11.5 Å². The molecule has 2 N–H and O–H groups in total. The maximum atomic E-state index is 5.80. The van der Waals surface area contributed by atoms with E-state index in [4.69, 9.17) is 17.3 Å². The summed E-state index contributed by atoms with van der Waals surface area (Å²) < 4.78 is 1.82. The first-order valence-corrected chi connectivity index (χ1v) is 5.23. The van der Waals surface area contributed by atoms with Crippen LogP contribution in [0.15, 0.2) is 12.4 Å². The zero-order valence-electron chi connectivity index (χ0n) is 8.74. The molecule has 2 aromatic heterocycles. The van der Waals surface area contributed by atoms with Crippen LogP contribution in [0.1, 0.15) is 19.5 Å². The minimum atomic E-state index is 0.373. The molecule has 0 saturated carbocycles. The SMILES string of the molecule is CC(C)Cc1cn2cc(Cl)nc(N)c2n1. The van der Waals surface area contributed by atoms with Crippen LogP contribution in [-0.2, 0) is 6.42 Å². The van der Waals surface area contributed by atoms with Crippen molar-refractivity contribution < 1.29 is 0 Å². The summed E-state index contributed by atoms with van der Waals surface area (Å²) in [6.45, 7) is 4.30. The number of hydrogen-bond acceptors (Lipinski definition) is 3. The molecule has 0 spiro atoms. The van der Waals surface area contributed by atoms with E-state index in [1.165, 1.54) is 0 Å². The fourth-order valence-corrected chi connectivity index (χ4v) is 1.75. The molecule has 0 saturated heterocycles. The van der Waals surface area contributed by atoms with Gasteiger partial charge in [-0.25, -0.2) is 9.97 Å². The summed E-state index contributed by atoms with van der Waals surface area (Å²) in [6, 6.07) is 0. The molecule has 0 amide bonds. The lowest BCUT2D eigenvalue weighted by Gasteiger charge is -1.97. The highest BCUT2D eigenvalue weighted by Crippen LogP contribution is 2.16. The smallest absolute Gasteiger partial charge is 0.180 e. The molecule has 0 atom stereocenters. The highest BCUT2D eigenvalue weighted by atomic mass is 35.5. The zero-order chi connectivity index (χ0) is 11.0. The molecule has 4 nitrogen and oxygen atoms in total. The summed E-state index contributed by atoms with van der Waals surface area (Å²) in [7, 11) is 0. The minimum Gasteiger partial charge on any atom is -0.381 e. The third-order valence-electron chi connectivity index (χ3n) is 2.10. The highest BCUT2D eigenvalue weighted by Gasteiger charge is 2.08. The number of nitrogen functional groups attached to an aromatic ring is 1. The molecule has 5 heteroatoms. The van der Waals surface area contributed by atoms with Crippen LogP contribution >= 0.6 is 11.6 Å². The molecule has 0 aliphatic rings. The Bertz CT molecular complexity index is 489. The van der Waals surface area contributed by atoms with Gasteiger partial charge in [-0.3, -0.25) is 0 Å². The van der Waals surface area contributed by atoms with E-state index in [9.17, 15) is 0 Å². The van der Waals surface area contributed by atoms with Crippen molar-refractivity contribution in [2.45, 2.75) is 20.3 Å². The molecule has 0 bridgehead atoms. The molecule has 15 heavy (non-hydrogen) atoms. The zero-order valence-corrected chi connectivity index (χ0v) is 9.49. The van der Waals surface area contributed by atoms with E-state index in [2.05, 4.69) is 23.8 Å². The summed E-state index contributed by atoms with van der Waals surface area (Å²) in [5, 5.41) is 0.383. The molecular formula is C10H13ClN4. The number of aromatic nitrogens is 3. The molecule has 2 rings (SSSR count). The lowest BCUT2D eigenvalue weighted by Crippen LogP contribution is -1.96. The van der Waals surface area contributed by atoms with Crippen molar-refractivity contribution in [2.75, 3.05) is 5.73 Å². The van der Waals surface area contributed by atoms with E-state index in [0.29, 0.717) is 22.5 Å². The van der Waals surface area contributed by atoms with Gasteiger partial charge in [-0.15, -0.1) is 0 Å². The number of imidazole rings is 1. The fourth-order valence-electron chi connectivity index (χ4n) is 1.56. The first-order chi connectivity index (χ1) is 7.06. The third-order valence-corrected chi connectivity index (χ3v) is 2.28. The number of fused-ring (bicyclic) bond motifs is 1. The minimum absolute atomic E-state index is 0.373. The van der Waals surface area contributed by atoms with Gasteiger partial charge in [-0.05, 0) is 12.3 Å². The van der Waals surface area contributed by atoms with Crippen molar-refractivity contribution in [1.82, 2.24) is 14.4 Å². The van der Waals surface area contributed by atoms with Gasteiger partial charge in [0.05, 0.1) is 5.69 Å². The number of hydrogen-bond donors (Lipinski definition) is 1. The first kappa shape index (κ1) is 10.2. The Hall–Kier alpha value is -1.29. The van der Waals surface area contributed by atoms with Gasteiger partial charge >= 0.3 is 0 Å². The Morgan fingerprint density at radius 3 is 2.80 bits per heavy atom. The predicted octanol–water partition coefficient (Wildman–Crippen LogP) is 2.16. The number of rotatable bonds is 2. The molecule has 0 unspecified atom stereocenters. The van der Waals surface area contributed by atoms with Crippen LogP contribution in [0.5, 0.6) is 0 Å². The van der Waals surface area contributed by atoms with Crippen molar-refractivity contribution in [3.63, 3.8) is 0 Å². The van der Waals surface area contributed by atoms with Gasteiger partial charge in [0.25, 0.3) is 0 Å². The monoisotopic (exact) mass is 224 g/mol. The van der Waals surface area contributed by atoms with E-state index >= 15 is 0 Å². The van der Waals surface area contributed by atoms with Crippen LogP contribution in [0.4, 0.5) is 5.82 Å². The average molecular weight is 225 g/mol. The molecule has 2 heterocycles. The molecule has 0 radical (unpaired) electrons. The second kappa shape index (κ2) is 3.70. The van der Waals surface area contributed by atoms with Gasteiger partial charge in [0.1, 0.15) is 5.15 Å². The van der Waals surface area contributed by atoms with E-state index in [1.54, 1.807) is 6.20 Å². The van der Waals surface area contributed by atoms with E-state index in [1.807, 2.05) is 10.6 Å². The highest BCUT2D eigenvalue weighted by molar-refractivity contribution is 6.29. The molecule has 0 aliphatic carbocycles. The average Bonchev–Trinajstić information content (AvgIpc) is 2.45.